The van der Waals surface area contributed by atoms with Crippen LogP contribution in [0.5, 0.6) is 0 Å². The summed E-state index contributed by atoms with van der Waals surface area (Å²) in [6.07, 6.45) is 2.31. The third-order valence-corrected chi connectivity index (χ3v) is 3.27. The summed E-state index contributed by atoms with van der Waals surface area (Å²) in [5, 5.41) is 18.3. The molecule has 1 atom stereocenters. The largest absolute Gasteiger partial charge is 0.390 e. The van der Waals surface area contributed by atoms with E-state index in [1.54, 1.807) is 0 Å². The third-order valence-electron chi connectivity index (χ3n) is 3.27. The Kier molecular flexibility index (Phi) is 5.16. The van der Waals surface area contributed by atoms with Gasteiger partial charge in [0, 0.05) is 24.7 Å². The first-order valence-corrected chi connectivity index (χ1v) is 7.12. The molecule has 1 aromatic rings. The van der Waals surface area contributed by atoms with Crippen molar-refractivity contribution in [1.82, 2.24) is 15.1 Å². The lowest BCUT2D eigenvalue weighted by Gasteiger charge is -2.27. The van der Waals surface area contributed by atoms with Gasteiger partial charge in [-0.15, -0.1) is 0 Å². The highest BCUT2D eigenvalue weighted by atomic mass is 16.3. The fourth-order valence-corrected chi connectivity index (χ4v) is 2.10. The van der Waals surface area contributed by atoms with Crippen molar-refractivity contribution in [3.8, 4) is 0 Å². The maximum Gasteiger partial charge on any atom is 0.0686 e. The third kappa shape index (κ3) is 5.74. The van der Waals surface area contributed by atoms with E-state index in [1.807, 2.05) is 18.7 Å². The Hall–Kier alpha value is -0.870. The van der Waals surface area contributed by atoms with Gasteiger partial charge in [0.25, 0.3) is 0 Å². The van der Waals surface area contributed by atoms with Crippen molar-refractivity contribution < 1.29 is 5.11 Å². The average molecular weight is 267 g/mol. The quantitative estimate of drug-likeness (QED) is 0.829. The number of hydrogen-bond acceptors (Lipinski definition) is 3. The van der Waals surface area contributed by atoms with Crippen LogP contribution in [0.3, 0.4) is 0 Å². The van der Waals surface area contributed by atoms with Gasteiger partial charge in [-0.2, -0.15) is 5.10 Å². The van der Waals surface area contributed by atoms with Gasteiger partial charge in [-0.05, 0) is 53.1 Å². The van der Waals surface area contributed by atoms with Crippen molar-refractivity contribution >= 4 is 0 Å². The second-order valence-corrected chi connectivity index (χ2v) is 6.70. The van der Waals surface area contributed by atoms with Gasteiger partial charge < -0.3 is 10.4 Å². The Morgan fingerprint density at radius 2 is 1.95 bits per heavy atom. The summed E-state index contributed by atoms with van der Waals surface area (Å²) in [6.45, 7) is 11.2. The highest BCUT2D eigenvalue weighted by Crippen LogP contribution is 2.17. The molecular weight excluding hydrogens is 238 g/mol. The van der Waals surface area contributed by atoms with E-state index in [0.29, 0.717) is 6.42 Å². The summed E-state index contributed by atoms with van der Waals surface area (Å²) in [7, 11) is 1.94. The zero-order chi connectivity index (χ0) is 14.7. The Labute approximate surface area is 117 Å². The monoisotopic (exact) mass is 267 g/mol. The van der Waals surface area contributed by atoms with Crippen LogP contribution in [-0.2, 0) is 19.9 Å². The van der Waals surface area contributed by atoms with E-state index in [4.69, 9.17) is 0 Å². The van der Waals surface area contributed by atoms with Crippen molar-refractivity contribution in [3.05, 3.63) is 17.5 Å². The second kappa shape index (κ2) is 6.06. The first kappa shape index (κ1) is 16.2. The van der Waals surface area contributed by atoms with Gasteiger partial charge in [0.1, 0.15) is 0 Å². The predicted octanol–water partition coefficient (Wildman–Crippen LogP) is 2.05. The number of aryl methyl sites for hydroxylation is 2. The van der Waals surface area contributed by atoms with Crippen molar-refractivity contribution in [2.75, 3.05) is 6.54 Å². The van der Waals surface area contributed by atoms with Crippen LogP contribution in [0.1, 0.15) is 52.4 Å². The Bertz CT molecular complexity index is 402. The molecule has 0 aliphatic rings. The summed E-state index contributed by atoms with van der Waals surface area (Å²) >= 11 is 0. The van der Waals surface area contributed by atoms with Crippen LogP contribution in [0.25, 0.3) is 0 Å². The van der Waals surface area contributed by atoms with Crippen LogP contribution in [0.2, 0.25) is 0 Å². The fourth-order valence-electron chi connectivity index (χ4n) is 2.10. The number of hydrogen-bond donors (Lipinski definition) is 2. The molecule has 4 nitrogen and oxygen atoms in total. The molecule has 0 amide bonds. The SMILES string of the molecule is CCc1cc(CC(C)(O)CCNC(C)(C)C)n(C)n1. The molecule has 0 aliphatic heterocycles. The first-order valence-electron chi connectivity index (χ1n) is 7.12. The highest BCUT2D eigenvalue weighted by Gasteiger charge is 2.23. The molecule has 1 aromatic heterocycles. The lowest BCUT2D eigenvalue weighted by atomic mass is 9.95. The summed E-state index contributed by atoms with van der Waals surface area (Å²) < 4.78 is 1.88. The molecule has 0 spiro atoms. The van der Waals surface area contributed by atoms with Crippen LogP contribution >= 0.6 is 0 Å². The highest BCUT2D eigenvalue weighted by molar-refractivity contribution is 5.12. The van der Waals surface area contributed by atoms with E-state index in [9.17, 15) is 5.11 Å². The van der Waals surface area contributed by atoms with Crippen molar-refractivity contribution in [3.63, 3.8) is 0 Å². The van der Waals surface area contributed by atoms with Crippen LogP contribution in [0.15, 0.2) is 6.07 Å². The lowest BCUT2D eigenvalue weighted by Crippen LogP contribution is -2.40. The molecule has 4 heteroatoms. The van der Waals surface area contributed by atoms with E-state index < -0.39 is 5.60 Å². The number of nitrogens with zero attached hydrogens (tertiary/aromatic N) is 2. The maximum absolute atomic E-state index is 10.5. The first-order chi connectivity index (χ1) is 8.63. The zero-order valence-corrected chi connectivity index (χ0v) is 13.2. The van der Waals surface area contributed by atoms with Crippen LogP contribution in [0, 0.1) is 0 Å². The summed E-state index contributed by atoms with van der Waals surface area (Å²) in [5.41, 5.74) is 1.58. The zero-order valence-electron chi connectivity index (χ0n) is 13.2. The predicted molar refractivity (Wildman–Crippen MR) is 79.3 cm³/mol. The van der Waals surface area contributed by atoms with Crippen LogP contribution in [0.4, 0.5) is 0 Å². The van der Waals surface area contributed by atoms with Gasteiger partial charge >= 0.3 is 0 Å². The van der Waals surface area contributed by atoms with Crippen molar-refractivity contribution in [2.24, 2.45) is 7.05 Å². The number of aliphatic hydroxyl groups is 1. The van der Waals surface area contributed by atoms with Gasteiger partial charge in [-0.3, -0.25) is 4.68 Å². The smallest absolute Gasteiger partial charge is 0.0686 e. The van der Waals surface area contributed by atoms with Crippen molar-refractivity contribution in [1.29, 1.82) is 0 Å². The van der Waals surface area contributed by atoms with E-state index in [2.05, 4.69) is 44.2 Å². The summed E-state index contributed by atoms with van der Waals surface area (Å²) in [5.74, 6) is 0. The molecule has 110 valence electrons. The van der Waals surface area contributed by atoms with Crippen LogP contribution in [-0.4, -0.2) is 32.6 Å². The summed E-state index contributed by atoms with van der Waals surface area (Å²) in [4.78, 5) is 0. The summed E-state index contributed by atoms with van der Waals surface area (Å²) in [6, 6.07) is 2.09. The van der Waals surface area contributed by atoms with E-state index in [1.165, 1.54) is 0 Å². The van der Waals surface area contributed by atoms with E-state index in [-0.39, 0.29) is 5.54 Å². The minimum atomic E-state index is -0.697. The fraction of sp³-hybridized carbons (Fsp3) is 0.800. The molecule has 0 radical (unpaired) electrons. The number of rotatable bonds is 6. The minimum absolute atomic E-state index is 0.0952. The molecule has 0 bridgehead atoms. The molecule has 0 saturated heterocycles. The molecule has 1 unspecified atom stereocenters. The van der Waals surface area contributed by atoms with Crippen molar-refractivity contribution in [2.45, 2.75) is 65.0 Å². The van der Waals surface area contributed by atoms with Gasteiger partial charge in [0.15, 0.2) is 0 Å². The van der Waals surface area contributed by atoms with Gasteiger partial charge in [0.2, 0.25) is 0 Å². The number of aromatic nitrogens is 2. The molecule has 0 fully saturated rings. The lowest BCUT2D eigenvalue weighted by molar-refractivity contribution is 0.0481. The minimum Gasteiger partial charge on any atom is -0.390 e. The standard InChI is InChI=1S/C15H29N3O/c1-7-12-10-13(18(6)17-12)11-15(5,19)8-9-16-14(2,3)4/h10,16,19H,7-9,11H2,1-6H3. The van der Waals surface area contributed by atoms with E-state index >= 15 is 0 Å². The number of nitrogens with one attached hydrogen (secondary N) is 1. The topological polar surface area (TPSA) is 50.1 Å². The molecule has 1 rings (SSSR count). The Morgan fingerprint density at radius 1 is 1.32 bits per heavy atom. The molecule has 0 aliphatic carbocycles. The molecular formula is C15H29N3O. The van der Waals surface area contributed by atoms with Gasteiger partial charge in [0.05, 0.1) is 11.3 Å². The molecule has 0 saturated carbocycles. The molecule has 2 N–H and O–H groups in total. The average Bonchev–Trinajstić information content (AvgIpc) is 2.56. The molecule has 19 heavy (non-hydrogen) atoms. The second-order valence-electron chi connectivity index (χ2n) is 6.70. The Morgan fingerprint density at radius 3 is 2.42 bits per heavy atom. The van der Waals surface area contributed by atoms with Gasteiger partial charge in [-0.1, -0.05) is 6.92 Å². The normalized spacial score (nSPS) is 15.5. The van der Waals surface area contributed by atoms with Crippen LogP contribution < -0.4 is 5.32 Å². The maximum atomic E-state index is 10.5. The molecule has 1 heterocycles. The van der Waals surface area contributed by atoms with E-state index in [0.717, 1.165) is 30.8 Å². The Balaban J connectivity index is 2.55. The molecule has 0 aromatic carbocycles. The van der Waals surface area contributed by atoms with Gasteiger partial charge in [-0.25, -0.2) is 0 Å².